The Bertz CT molecular complexity index is 1520. The molecule has 1 aliphatic rings. The van der Waals surface area contributed by atoms with E-state index in [1.54, 1.807) is 6.92 Å². The van der Waals surface area contributed by atoms with Gasteiger partial charge in [0.2, 0.25) is 11.8 Å². The second-order valence-corrected chi connectivity index (χ2v) is 13.4. The van der Waals surface area contributed by atoms with Crippen molar-refractivity contribution in [2.24, 2.45) is 23.5 Å². The maximum Gasteiger partial charge on any atom is 0.224 e. The fourth-order valence-electron chi connectivity index (χ4n) is 6.80. The highest BCUT2D eigenvalue weighted by atomic mass is 16.2. The second-order valence-electron chi connectivity index (χ2n) is 13.4. The summed E-state index contributed by atoms with van der Waals surface area (Å²) < 4.78 is 0. The van der Waals surface area contributed by atoms with Crippen LogP contribution in [0.1, 0.15) is 101 Å². The van der Waals surface area contributed by atoms with Gasteiger partial charge in [-0.1, -0.05) is 100 Å². The summed E-state index contributed by atoms with van der Waals surface area (Å²) in [6, 6.07) is 21.6. The van der Waals surface area contributed by atoms with Gasteiger partial charge in [-0.3, -0.25) is 19.2 Å². The van der Waals surface area contributed by atoms with Gasteiger partial charge in [0.15, 0.2) is 5.78 Å². The Morgan fingerprint density at radius 1 is 0.872 bits per heavy atom. The van der Waals surface area contributed by atoms with Gasteiger partial charge in [0.05, 0.1) is 12.1 Å². The average Bonchev–Trinajstić information content (AvgIpc) is 3.09. The third kappa shape index (κ3) is 10.1. The molecule has 0 heterocycles. The van der Waals surface area contributed by atoms with Crippen LogP contribution in [0.25, 0.3) is 10.8 Å². The monoisotopic (exact) mass is 639 g/mol. The number of amides is 2. The van der Waals surface area contributed by atoms with Crippen LogP contribution in [0, 0.1) is 17.8 Å². The van der Waals surface area contributed by atoms with E-state index in [4.69, 9.17) is 5.73 Å². The van der Waals surface area contributed by atoms with Crippen LogP contribution in [0.3, 0.4) is 0 Å². The second kappa shape index (κ2) is 17.9. The Morgan fingerprint density at radius 2 is 1.62 bits per heavy atom. The number of nitrogens with one attached hydrogen (secondary N) is 2. The van der Waals surface area contributed by atoms with Crippen LogP contribution in [0.5, 0.6) is 0 Å². The number of aryl methyl sites for hydroxylation is 1. The minimum absolute atomic E-state index is 0.0123. The molecule has 2 amide bonds. The molecule has 5 atom stereocenters. The molecule has 4 N–H and O–H groups in total. The highest BCUT2D eigenvalue weighted by Gasteiger charge is 2.33. The lowest BCUT2D eigenvalue weighted by Crippen LogP contribution is -2.49. The van der Waals surface area contributed by atoms with Crippen LogP contribution >= 0.6 is 0 Å². The standard InChI is InChI=1S/C40H53N3O4/c1-4-27(3)38(43-40(47)33(25-34(44)5-2)24-28-20-21-29-13-6-7-15-31(29)23-28)37(45)26-32(16-10-11-22-41)39(46)42-36-19-12-17-30-14-8-9-18-35(30)36/h6-9,13-15,18,20-21,23,27,32-33,36,38H,4-5,10-12,16-17,19,22,24-26,41H2,1-3H3,(H,42,46)(H,43,47)/t27-,32+,33+,36-,38-/m0/s1. The van der Waals surface area contributed by atoms with Gasteiger partial charge < -0.3 is 16.4 Å². The molecule has 1 aliphatic carbocycles. The van der Waals surface area contributed by atoms with Gasteiger partial charge in [0.25, 0.3) is 0 Å². The maximum atomic E-state index is 14.0. The van der Waals surface area contributed by atoms with Gasteiger partial charge in [0, 0.05) is 31.1 Å². The van der Waals surface area contributed by atoms with Crippen LogP contribution in [-0.4, -0.2) is 36.0 Å². The van der Waals surface area contributed by atoms with Gasteiger partial charge in [-0.05, 0) is 78.5 Å². The molecule has 7 nitrogen and oxygen atoms in total. The van der Waals surface area contributed by atoms with E-state index < -0.39 is 17.9 Å². The van der Waals surface area contributed by atoms with Crippen LogP contribution in [0.15, 0.2) is 66.7 Å². The number of fused-ring (bicyclic) bond motifs is 2. The molecule has 0 radical (unpaired) electrons. The summed E-state index contributed by atoms with van der Waals surface area (Å²) in [5, 5.41) is 8.53. The zero-order valence-electron chi connectivity index (χ0n) is 28.4. The number of unbranched alkanes of at least 4 members (excludes halogenated alkanes) is 1. The molecule has 0 saturated carbocycles. The smallest absolute Gasteiger partial charge is 0.224 e. The lowest BCUT2D eigenvalue weighted by Gasteiger charge is -2.30. The Kier molecular flexibility index (Phi) is 13.7. The molecule has 0 aromatic heterocycles. The number of nitrogens with two attached hydrogens (primary N) is 1. The lowest BCUT2D eigenvalue weighted by atomic mass is 9.85. The molecule has 3 aromatic carbocycles. The summed E-state index contributed by atoms with van der Waals surface area (Å²) >= 11 is 0. The number of hydrogen-bond donors (Lipinski definition) is 3. The van der Waals surface area contributed by atoms with E-state index in [0.29, 0.717) is 32.2 Å². The Hall–Kier alpha value is -3.84. The van der Waals surface area contributed by atoms with Crippen molar-refractivity contribution < 1.29 is 19.2 Å². The van der Waals surface area contributed by atoms with E-state index in [1.807, 2.05) is 62.4 Å². The van der Waals surface area contributed by atoms with Gasteiger partial charge in [-0.2, -0.15) is 0 Å². The number of carbonyl (C=O) groups excluding carboxylic acids is 4. The van der Waals surface area contributed by atoms with E-state index >= 15 is 0 Å². The Labute approximate surface area is 280 Å². The lowest BCUT2D eigenvalue weighted by molar-refractivity contribution is -0.135. The first-order valence-corrected chi connectivity index (χ1v) is 17.6. The van der Waals surface area contributed by atoms with Crippen LogP contribution < -0.4 is 16.4 Å². The first kappa shape index (κ1) is 36.0. The number of carbonyl (C=O) groups is 4. The van der Waals surface area contributed by atoms with Crippen molar-refractivity contribution in [1.29, 1.82) is 0 Å². The normalized spacial score (nSPS) is 16.8. The van der Waals surface area contributed by atoms with Crippen molar-refractivity contribution >= 4 is 34.2 Å². The first-order chi connectivity index (χ1) is 22.7. The topological polar surface area (TPSA) is 118 Å². The largest absolute Gasteiger partial charge is 0.349 e. The molecule has 0 bridgehead atoms. The predicted molar refractivity (Wildman–Crippen MR) is 189 cm³/mol. The van der Waals surface area contributed by atoms with Gasteiger partial charge in [-0.15, -0.1) is 0 Å². The minimum atomic E-state index is -0.747. The number of ketones is 2. The summed E-state index contributed by atoms with van der Waals surface area (Å²) in [5.41, 5.74) is 9.16. The minimum Gasteiger partial charge on any atom is -0.349 e. The summed E-state index contributed by atoms with van der Waals surface area (Å²) in [6.45, 7) is 6.29. The molecule has 7 heteroatoms. The molecule has 3 aromatic rings. The quantitative estimate of drug-likeness (QED) is 0.132. The maximum absolute atomic E-state index is 14.0. The number of rotatable bonds is 18. The van der Waals surface area contributed by atoms with E-state index in [1.165, 1.54) is 5.56 Å². The van der Waals surface area contributed by atoms with Crippen molar-refractivity contribution in [3.05, 3.63) is 83.4 Å². The van der Waals surface area contributed by atoms with Crippen molar-refractivity contribution in [2.75, 3.05) is 6.54 Å². The zero-order chi connectivity index (χ0) is 33.8. The highest BCUT2D eigenvalue weighted by molar-refractivity contribution is 5.94. The molecule has 47 heavy (non-hydrogen) atoms. The van der Waals surface area contributed by atoms with E-state index in [2.05, 4.69) is 28.8 Å². The fourth-order valence-corrected chi connectivity index (χ4v) is 6.80. The van der Waals surface area contributed by atoms with Crippen molar-refractivity contribution in [3.63, 3.8) is 0 Å². The van der Waals surface area contributed by atoms with Crippen molar-refractivity contribution in [3.8, 4) is 0 Å². The van der Waals surface area contributed by atoms with Crippen LogP contribution in [0.4, 0.5) is 0 Å². The Balaban J connectivity index is 1.50. The number of hydrogen-bond acceptors (Lipinski definition) is 5. The van der Waals surface area contributed by atoms with Gasteiger partial charge >= 0.3 is 0 Å². The summed E-state index contributed by atoms with van der Waals surface area (Å²) in [6.07, 6.45) is 6.54. The molecule has 252 valence electrons. The van der Waals surface area contributed by atoms with Crippen LogP contribution in [0.2, 0.25) is 0 Å². The van der Waals surface area contributed by atoms with E-state index in [9.17, 15) is 19.2 Å². The van der Waals surface area contributed by atoms with Crippen molar-refractivity contribution in [1.82, 2.24) is 10.6 Å². The summed E-state index contributed by atoms with van der Waals surface area (Å²) in [5.74, 6) is -1.78. The van der Waals surface area contributed by atoms with Gasteiger partial charge in [-0.25, -0.2) is 0 Å². The summed E-state index contributed by atoms with van der Waals surface area (Å²) in [7, 11) is 0. The molecule has 0 fully saturated rings. The zero-order valence-corrected chi connectivity index (χ0v) is 28.4. The SMILES string of the molecule is CCC(=O)C[C@@H](Cc1ccc2ccccc2c1)C(=O)N[C@H](C(=O)C[C@@H](CCCCN)C(=O)N[C@H]1CCCc2ccccc21)[C@@H](C)CC. The predicted octanol–water partition coefficient (Wildman–Crippen LogP) is 6.80. The number of benzene rings is 3. The van der Waals surface area contributed by atoms with E-state index in [0.717, 1.165) is 54.0 Å². The fraction of sp³-hybridized carbons (Fsp3) is 0.500. The molecular weight excluding hydrogens is 586 g/mol. The highest BCUT2D eigenvalue weighted by Crippen LogP contribution is 2.30. The third-order valence-electron chi connectivity index (χ3n) is 9.90. The molecule has 4 rings (SSSR count). The van der Waals surface area contributed by atoms with Crippen LogP contribution in [-0.2, 0) is 32.0 Å². The first-order valence-electron chi connectivity index (χ1n) is 17.6. The van der Waals surface area contributed by atoms with Gasteiger partial charge in [0.1, 0.15) is 5.78 Å². The molecule has 0 unspecified atom stereocenters. The van der Waals surface area contributed by atoms with Crippen molar-refractivity contribution in [2.45, 2.75) is 103 Å². The Morgan fingerprint density at radius 3 is 2.36 bits per heavy atom. The number of Topliss-reactive ketones (excluding diaryl/α,β-unsaturated/α-hetero) is 2. The molecule has 0 saturated heterocycles. The summed E-state index contributed by atoms with van der Waals surface area (Å²) in [4.78, 5) is 54.3. The third-order valence-corrected chi connectivity index (χ3v) is 9.90. The molecular formula is C40H53N3O4. The molecule has 0 spiro atoms. The molecule has 0 aliphatic heterocycles. The van der Waals surface area contributed by atoms with E-state index in [-0.39, 0.29) is 48.2 Å². The average molecular weight is 640 g/mol.